The van der Waals surface area contributed by atoms with Crippen molar-refractivity contribution >= 4 is 22.6 Å². The number of hydrogen-bond donors (Lipinski definition) is 2. The minimum Gasteiger partial charge on any atom is -0.271 e. The second kappa shape index (κ2) is 6.54. The number of fused-ring (bicyclic) bond motifs is 1. The monoisotopic (exact) mass is 322 g/mol. The predicted molar refractivity (Wildman–Crippen MR) is 91.3 cm³/mol. The van der Waals surface area contributed by atoms with Gasteiger partial charge in [0.15, 0.2) is 0 Å². The quantitative estimate of drug-likeness (QED) is 0.725. The summed E-state index contributed by atoms with van der Waals surface area (Å²) in [6.07, 6.45) is 0. The van der Waals surface area contributed by atoms with Gasteiger partial charge in [-0.15, -0.1) is 0 Å². The summed E-state index contributed by atoms with van der Waals surface area (Å²) in [4.78, 5) is 24.1. The molecule has 0 bridgehead atoms. The van der Waals surface area contributed by atoms with E-state index in [-0.39, 0.29) is 18.4 Å². The molecule has 0 aliphatic heterocycles. The molecule has 3 aromatic rings. The van der Waals surface area contributed by atoms with Crippen LogP contribution in [-0.4, -0.2) is 21.6 Å². The van der Waals surface area contributed by atoms with Crippen molar-refractivity contribution in [2.75, 3.05) is 0 Å². The molecule has 1 aromatic heterocycles. The zero-order chi connectivity index (χ0) is 17.1. The average molecular weight is 322 g/mol. The molecule has 0 aliphatic rings. The van der Waals surface area contributed by atoms with Gasteiger partial charge in [-0.25, -0.2) is 0 Å². The molecule has 122 valence electrons. The van der Waals surface area contributed by atoms with Crippen LogP contribution in [0.3, 0.4) is 0 Å². The third kappa shape index (κ3) is 3.43. The van der Waals surface area contributed by atoms with E-state index in [4.69, 9.17) is 0 Å². The van der Waals surface area contributed by atoms with Crippen LogP contribution in [-0.2, 0) is 11.3 Å². The highest BCUT2D eigenvalue weighted by molar-refractivity contribution is 5.99. The van der Waals surface area contributed by atoms with Crippen molar-refractivity contribution in [2.24, 2.45) is 0 Å². The molecule has 2 amide bonds. The molecule has 1 heterocycles. The van der Waals surface area contributed by atoms with Crippen LogP contribution in [0.15, 0.2) is 48.5 Å². The van der Waals surface area contributed by atoms with E-state index in [1.165, 1.54) is 0 Å². The largest absolute Gasteiger partial charge is 0.271 e. The first-order valence-electron chi connectivity index (χ1n) is 7.62. The normalized spacial score (nSPS) is 10.6. The molecule has 0 fully saturated rings. The highest BCUT2D eigenvalue weighted by atomic mass is 16.2. The van der Waals surface area contributed by atoms with E-state index in [1.54, 1.807) is 16.8 Å². The molecular formula is C18H18N4O2. The fourth-order valence-electron chi connectivity index (χ4n) is 2.54. The summed E-state index contributed by atoms with van der Waals surface area (Å²) in [6.45, 7) is 3.79. The number of hydrazine groups is 1. The Morgan fingerprint density at radius 3 is 2.46 bits per heavy atom. The van der Waals surface area contributed by atoms with Crippen LogP contribution in [0.25, 0.3) is 10.8 Å². The topological polar surface area (TPSA) is 76.0 Å². The van der Waals surface area contributed by atoms with Gasteiger partial charge in [0.2, 0.25) is 0 Å². The van der Waals surface area contributed by atoms with Crippen LogP contribution >= 0.6 is 0 Å². The first-order valence-corrected chi connectivity index (χ1v) is 7.62. The summed E-state index contributed by atoms with van der Waals surface area (Å²) in [6, 6.07) is 15.1. The molecule has 24 heavy (non-hydrogen) atoms. The minimum atomic E-state index is -0.359. The Morgan fingerprint density at radius 1 is 1.00 bits per heavy atom. The van der Waals surface area contributed by atoms with Crippen LogP contribution in [0, 0.1) is 13.8 Å². The van der Waals surface area contributed by atoms with Crippen LogP contribution in [0.1, 0.15) is 21.7 Å². The lowest BCUT2D eigenvalue weighted by atomic mass is 10.1. The van der Waals surface area contributed by atoms with E-state index in [2.05, 4.69) is 16.0 Å². The van der Waals surface area contributed by atoms with Crippen molar-refractivity contribution in [1.29, 1.82) is 0 Å². The molecule has 0 saturated heterocycles. The Labute approximate surface area is 139 Å². The molecule has 0 radical (unpaired) electrons. The van der Waals surface area contributed by atoms with E-state index in [0.717, 1.165) is 22.2 Å². The summed E-state index contributed by atoms with van der Waals surface area (Å²) in [5, 5.41) is 6.24. The average Bonchev–Trinajstić information content (AvgIpc) is 2.89. The maximum Gasteiger partial charge on any atom is 0.269 e. The molecule has 0 aliphatic carbocycles. The number of rotatable bonds is 3. The first kappa shape index (κ1) is 15.7. The lowest BCUT2D eigenvalue weighted by molar-refractivity contribution is -0.122. The predicted octanol–water partition coefficient (Wildman–Crippen LogP) is 2.11. The Kier molecular flexibility index (Phi) is 4.29. The van der Waals surface area contributed by atoms with Crippen LogP contribution in [0.4, 0.5) is 0 Å². The SMILES string of the molecule is Cc1cc(C)n(CC(=O)NNC(=O)c2ccc3ccccc3c2)n1. The van der Waals surface area contributed by atoms with Gasteiger partial charge < -0.3 is 0 Å². The Morgan fingerprint density at radius 2 is 1.75 bits per heavy atom. The highest BCUT2D eigenvalue weighted by Gasteiger charge is 2.10. The lowest BCUT2D eigenvalue weighted by Crippen LogP contribution is -2.43. The van der Waals surface area contributed by atoms with Gasteiger partial charge in [0.25, 0.3) is 11.8 Å². The molecule has 6 heteroatoms. The van der Waals surface area contributed by atoms with Crippen LogP contribution in [0.2, 0.25) is 0 Å². The fourth-order valence-corrected chi connectivity index (χ4v) is 2.54. The number of nitrogens with one attached hydrogen (secondary N) is 2. The first-order chi connectivity index (χ1) is 11.5. The maximum atomic E-state index is 12.2. The zero-order valence-electron chi connectivity index (χ0n) is 13.5. The zero-order valence-corrected chi connectivity index (χ0v) is 13.5. The molecule has 0 atom stereocenters. The Balaban J connectivity index is 1.61. The fraction of sp³-hybridized carbons (Fsp3) is 0.167. The van der Waals surface area contributed by atoms with Crippen molar-refractivity contribution in [2.45, 2.75) is 20.4 Å². The van der Waals surface area contributed by atoms with Gasteiger partial charge in [-0.05, 0) is 42.8 Å². The summed E-state index contributed by atoms with van der Waals surface area (Å²) in [5.41, 5.74) is 7.07. The molecule has 2 N–H and O–H groups in total. The van der Waals surface area contributed by atoms with Gasteiger partial charge >= 0.3 is 0 Å². The van der Waals surface area contributed by atoms with Gasteiger partial charge in [-0.1, -0.05) is 30.3 Å². The third-order valence-electron chi connectivity index (χ3n) is 3.72. The second-order valence-corrected chi connectivity index (χ2v) is 5.65. The Hall–Kier alpha value is -3.15. The Bertz CT molecular complexity index is 914. The third-order valence-corrected chi connectivity index (χ3v) is 3.72. The van der Waals surface area contributed by atoms with E-state index in [0.29, 0.717) is 5.56 Å². The van der Waals surface area contributed by atoms with Gasteiger partial charge in [0.1, 0.15) is 6.54 Å². The number of nitrogens with zero attached hydrogens (tertiary/aromatic N) is 2. The number of benzene rings is 2. The number of aromatic nitrogens is 2. The van der Waals surface area contributed by atoms with E-state index in [1.807, 2.05) is 50.2 Å². The molecule has 0 unspecified atom stereocenters. The van der Waals surface area contributed by atoms with Crippen LogP contribution < -0.4 is 10.9 Å². The molecule has 6 nitrogen and oxygen atoms in total. The van der Waals surface area contributed by atoms with Gasteiger partial charge in [-0.2, -0.15) is 5.10 Å². The van der Waals surface area contributed by atoms with E-state index >= 15 is 0 Å². The smallest absolute Gasteiger partial charge is 0.269 e. The maximum absolute atomic E-state index is 12.2. The summed E-state index contributed by atoms with van der Waals surface area (Å²) in [5.74, 6) is -0.696. The number of amides is 2. The summed E-state index contributed by atoms with van der Waals surface area (Å²) in [7, 11) is 0. The van der Waals surface area contributed by atoms with Crippen molar-refractivity contribution in [3.05, 3.63) is 65.5 Å². The standard InChI is InChI=1S/C18H18N4O2/c1-12-9-13(2)22(21-12)11-17(23)19-20-18(24)16-8-7-14-5-3-4-6-15(14)10-16/h3-10H,11H2,1-2H3,(H,19,23)(H,20,24). The van der Waals surface area contributed by atoms with Crippen molar-refractivity contribution in [3.63, 3.8) is 0 Å². The van der Waals surface area contributed by atoms with Crippen molar-refractivity contribution in [1.82, 2.24) is 20.6 Å². The number of hydrogen-bond acceptors (Lipinski definition) is 3. The van der Waals surface area contributed by atoms with Gasteiger partial charge in [-0.3, -0.25) is 25.1 Å². The summed E-state index contributed by atoms with van der Waals surface area (Å²) >= 11 is 0. The molecular weight excluding hydrogens is 304 g/mol. The van der Waals surface area contributed by atoms with E-state index < -0.39 is 0 Å². The molecule has 3 rings (SSSR count). The summed E-state index contributed by atoms with van der Waals surface area (Å²) < 4.78 is 1.59. The number of carbonyl (C=O) groups is 2. The van der Waals surface area contributed by atoms with Crippen LogP contribution in [0.5, 0.6) is 0 Å². The molecule has 2 aromatic carbocycles. The van der Waals surface area contributed by atoms with Gasteiger partial charge in [0, 0.05) is 11.3 Å². The minimum absolute atomic E-state index is 0.0532. The highest BCUT2D eigenvalue weighted by Crippen LogP contribution is 2.15. The van der Waals surface area contributed by atoms with Crippen molar-refractivity contribution in [3.8, 4) is 0 Å². The molecule has 0 saturated carbocycles. The number of carbonyl (C=O) groups excluding carboxylic acids is 2. The second-order valence-electron chi connectivity index (χ2n) is 5.65. The molecule has 0 spiro atoms. The van der Waals surface area contributed by atoms with Gasteiger partial charge in [0.05, 0.1) is 5.69 Å². The van der Waals surface area contributed by atoms with Crippen molar-refractivity contribution < 1.29 is 9.59 Å². The number of aryl methyl sites for hydroxylation is 2. The lowest BCUT2D eigenvalue weighted by Gasteiger charge is -2.09. The van der Waals surface area contributed by atoms with E-state index in [9.17, 15) is 9.59 Å².